The van der Waals surface area contributed by atoms with Gasteiger partial charge in [-0.3, -0.25) is 4.79 Å². The minimum Gasteiger partial charge on any atom is -0.376 e. The highest BCUT2D eigenvalue weighted by Gasteiger charge is 2.28. The number of amides is 1. The average molecular weight is 279 g/mol. The van der Waals surface area contributed by atoms with E-state index in [1.807, 2.05) is 6.92 Å². The molecule has 108 valence electrons. The van der Waals surface area contributed by atoms with Crippen LogP contribution in [0.3, 0.4) is 0 Å². The van der Waals surface area contributed by atoms with Crippen molar-refractivity contribution in [3.05, 3.63) is 0 Å². The number of carbonyl (C=O) groups excluding carboxylic acids is 1. The topological polar surface area (TPSA) is 64.4 Å². The molecule has 18 heavy (non-hydrogen) atoms. The summed E-state index contributed by atoms with van der Waals surface area (Å²) in [4.78, 5) is 12.0. The molecule has 1 aliphatic heterocycles. The Morgan fingerprint density at radius 3 is 2.56 bits per heavy atom. The highest BCUT2D eigenvalue weighted by atomic mass is 35.5. The van der Waals surface area contributed by atoms with Crippen molar-refractivity contribution in [2.24, 2.45) is 11.7 Å². The third kappa shape index (κ3) is 4.75. The highest BCUT2D eigenvalue weighted by Crippen LogP contribution is 2.18. The van der Waals surface area contributed by atoms with E-state index < -0.39 is 6.04 Å². The number of hydrogen-bond acceptors (Lipinski definition) is 3. The molecular weight excluding hydrogens is 252 g/mol. The summed E-state index contributed by atoms with van der Waals surface area (Å²) < 4.78 is 5.62. The zero-order valence-corrected chi connectivity index (χ0v) is 12.5. The van der Waals surface area contributed by atoms with E-state index in [4.69, 9.17) is 10.5 Å². The molecular formula is C13H27ClN2O2. The van der Waals surface area contributed by atoms with Gasteiger partial charge in [0, 0.05) is 6.61 Å². The first-order valence-corrected chi connectivity index (χ1v) is 6.77. The van der Waals surface area contributed by atoms with Crippen LogP contribution in [0, 0.1) is 5.92 Å². The summed E-state index contributed by atoms with van der Waals surface area (Å²) in [5.74, 6) is 0.179. The summed E-state index contributed by atoms with van der Waals surface area (Å²) in [5, 5.41) is 3.03. The molecule has 0 aromatic heterocycles. The van der Waals surface area contributed by atoms with Crippen LogP contribution < -0.4 is 11.1 Å². The summed E-state index contributed by atoms with van der Waals surface area (Å²) in [7, 11) is 0. The summed E-state index contributed by atoms with van der Waals surface area (Å²) in [6, 6.07) is -0.296. The quantitative estimate of drug-likeness (QED) is 0.779. The lowest BCUT2D eigenvalue weighted by Crippen LogP contribution is -2.51. The maximum Gasteiger partial charge on any atom is 0.237 e. The van der Waals surface area contributed by atoms with Gasteiger partial charge in [-0.2, -0.15) is 0 Å². The molecule has 1 fully saturated rings. The van der Waals surface area contributed by atoms with Crippen LogP contribution in [0.4, 0.5) is 0 Å². The lowest BCUT2D eigenvalue weighted by Gasteiger charge is -2.26. The Labute approximate surface area is 116 Å². The number of ether oxygens (including phenoxy) is 1. The van der Waals surface area contributed by atoms with Crippen LogP contribution in [0.25, 0.3) is 0 Å². The minimum absolute atomic E-state index is 0. The molecule has 1 aliphatic rings. The first-order valence-electron chi connectivity index (χ1n) is 6.77. The molecule has 0 saturated carbocycles. The summed E-state index contributed by atoms with van der Waals surface area (Å²) in [6.07, 6.45) is 4.12. The van der Waals surface area contributed by atoms with Gasteiger partial charge in [-0.15, -0.1) is 12.4 Å². The molecule has 0 bridgehead atoms. The molecule has 0 spiro atoms. The van der Waals surface area contributed by atoms with Crippen LogP contribution in [0.15, 0.2) is 0 Å². The highest BCUT2D eigenvalue weighted by molar-refractivity contribution is 5.85. The molecule has 5 heteroatoms. The number of halogens is 1. The maximum absolute atomic E-state index is 12.0. The third-order valence-corrected chi connectivity index (χ3v) is 3.74. The molecule has 0 aromatic carbocycles. The van der Waals surface area contributed by atoms with Gasteiger partial charge in [-0.25, -0.2) is 0 Å². The van der Waals surface area contributed by atoms with Crippen molar-refractivity contribution in [1.82, 2.24) is 5.32 Å². The molecule has 4 unspecified atom stereocenters. The average Bonchev–Trinajstić information content (AvgIpc) is 2.87. The van der Waals surface area contributed by atoms with E-state index in [-0.39, 0.29) is 36.4 Å². The van der Waals surface area contributed by atoms with Crippen LogP contribution in [-0.4, -0.2) is 30.7 Å². The predicted molar refractivity (Wildman–Crippen MR) is 75.9 cm³/mol. The smallest absolute Gasteiger partial charge is 0.237 e. The zero-order chi connectivity index (χ0) is 12.8. The molecule has 1 heterocycles. The standard InChI is InChI=1S/C13H26N2O2.ClH/c1-4-9(3)12(14)13(16)15-10(5-2)11-7-6-8-17-11;/h9-12H,4-8,14H2,1-3H3,(H,15,16);1H. The predicted octanol–water partition coefficient (Wildman–Crippen LogP) is 1.86. The molecule has 0 aromatic rings. The Kier molecular flexibility index (Phi) is 8.57. The van der Waals surface area contributed by atoms with E-state index >= 15 is 0 Å². The Bertz CT molecular complexity index is 245. The second-order valence-electron chi connectivity index (χ2n) is 4.99. The lowest BCUT2D eigenvalue weighted by atomic mass is 9.98. The van der Waals surface area contributed by atoms with Crippen LogP contribution in [0.5, 0.6) is 0 Å². The van der Waals surface area contributed by atoms with Gasteiger partial charge in [-0.05, 0) is 25.2 Å². The van der Waals surface area contributed by atoms with Crippen LogP contribution in [-0.2, 0) is 9.53 Å². The fourth-order valence-corrected chi connectivity index (χ4v) is 2.17. The molecule has 4 nitrogen and oxygen atoms in total. The molecule has 0 radical (unpaired) electrons. The zero-order valence-electron chi connectivity index (χ0n) is 11.6. The molecule has 3 N–H and O–H groups in total. The Morgan fingerprint density at radius 1 is 1.44 bits per heavy atom. The SMILES string of the molecule is CCC(C)C(N)C(=O)NC(CC)C1CCCO1.Cl. The van der Waals surface area contributed by atoms with Crippen molar-refractivity contribution in [3.63, 3.8) is 0 Å². The van der Waals surface area contributed by atoms with Gasteiger partial charge in [0.1, 0.15) is 0 Å². The Balaban J connectivity index is 0.00000289. The summed E-state index contributed by atoms with van der Waals surface area (Å²) >= 11 is 0. The summed E-state index contributed by atoms with van der Waals surface area (Å²) in [5.41, 5.74) is 5.92. The molecule has 1 rings (SSSR count). The third-order valence-electron chi connectivity index (χ3n) is 3.74. The Hall–Kier alpha value is -0.320. The van der Waals surface area contributed by atoms with Crippen LogP contribution in [0.2, 0.25) is 0 Å². The largest absolute Gasteiger partial charge is 0.376 e. The molecule has 0 aliphatic carbocycles. The van der Waals surface area contributed by atoms with Gasteiger partial charge >= 0.3 is 0 Å². The van der Waals surface area contributed by atoms with E-state index in [1.54, 1.807) is 0 Å². The van der Waals surface area contributed by atoms with E-state index in [2.05, 4.69) is 19.2 Å². The van der Waals surface area contributed by atoms with Gasteiger partial charge in [0.25, 0.3) is 0 Å². The van der Waals surface area contributed by atoms with Gasteiger partial charge in [-0.1, -0.05) is 27.2 Å². The maximum atomic E-state index is 12.0. The first-order chi connectivity index (χ1) is 8.10. The van der Waals surface area contributed by atoms with E-state index in [0.717, 1.165) is 32.3 Å². The van der Waals surface area contributed by atoms with Crippen molar-refractivity contribution in [2.45, 2.75) is 64.6 Å². The second kappa shape index (κ2) is 8.73. The van der Waals surface area contributed by atoms with Gasteiger partial charge in [0.15, 0.2) is 0 Å². The normalized spacial score (nSPS) is 23.9. The molecule has 4 atom stereocenters. The lowest BCUT2D eigenvalue weighted by molar-refractivity contribution is -0.125. The number of rotatable bonds is 6. The van der Waals surface area contributed by atoms with Gasteiger partial charge < -0.3 is 15.8 Å². The van der Waals surface area contributed by atoms with Gasteiger partial charge in [0.2, 0.25) is 5.91 Å². The number of carbonyl (C=O) groups is 1. The van der Waals surface area contributed by atoms with Crippen molar-refractivity contribution >= 4 is 18.3 Å². The monoisotopic (exact) mass is 278 g/mol. The van der Waals surface area contributed by atoms with Gasteiger partial charge in [0.05, 0.1) is 18.2 Å². The van der Waals surface area contributed by atoms with Crippen LogP contribution >= 0.6 is 12.4 Å². The number of nitrogens with one attached hydrogen (secondary N) is 1. The summed E-state index contributed by atoms with van der Waals surface area (Å²) in [6.45, 7) is 6.95. The number of hydrogen-bond donors (Lipinski definition) is 2. The van der Waals surface area contributed by atoms with E-state index in [0.29, 0.717) is 0 Å². The van der Waals surface area contributed by atoms with Crippen molar-refractivity contribution in [1.29, 1.82) is 0 Å². The van der Waals surface area contributed by atoms with Crippen molar-refractivity contribution in [2.75, 3.05) is 6.61 Å². The second-order valence-corrected chi connectivity index (χ2v) is 4.99. The molecule has 1 amide bonds. The molecule has 1 saturated heterocycles. The first kappa shape index (κ1) is 17.7. The minimum atomic E-state index is -0.407. The van der Waals surface area contributed by atoms with E-state index in [9.17, 15) is 4.79 Å². The van der Waals surface area contributed by atoms with E-state index in [1.165, 1.54) is 0 Å². The Morgan fingerprint density at radius 2 is 2.11 bits per heavy atom. The fraction of sp³-hybridized carbons (Fsp3) is 0.923. The van der Waals surface area contributed by atoms with Crippen LogP contribution in [0.1, 0.15) is 46.5 Å². The number of nitrogens with two attached hydrogens (primary N) is 1. The van der Waals surface area contributed by atoms with Crippen molar-refractivity contribution in [3.8, 4) is 0 Å². The fourth-order valence-electron chi connectivity index (χ4n) is 2.17. The van der Waals surface area contributed by atoms with Crippen molar-refractivity contribution < 1.29 is 9.53 Å².